The van der Waals surface area contributed by atoms with Crippen molar-refractivity contribution in [1.29, 1.82) is 0 Å². The number of ether oxygens (including phenoxy) is 2. The average molecular weight is 467 g/mol. The molecule has 0 heterocycles. The Hall–Kier alpha value is -3.12. The molecule has 6 heteroatoms. The van der Waals surface area contributed by atoms with Gasteiger partial charge < -0.3 is 9.47 Å². The van der Waals surface area contributed by atoms with E-state index < -0.39 is 6.10 Å². The number of hydrogen-bond donors (Lipinski definition) is 1. The van der Waals surface area contributed by atoms with Gasteiger partial charge in [0.05, 0.1) is 10.7 Å². The first-order chi connectivity index (χ1) is 14.5. The van der Waals surface area contributed by atoms with Gasteiger partial charge in [0.1, 0.15) is 18.1 Å². The first-order valence-corrected chi connectivity index (χ1v) is 10.3. The molecular formula is C24H23BrN2O3. The van der Waals surface area contributed by atoms with Crippen molar-refractivity contribution in [1.82, 2.24) is 5.43 Å². The van der Waals surface area contributed by atoms with Crippen molar-refractivity contribution in [3.63, 3.8) is 0 Å². The summed E-state index contributed by atoms with van der Waals surface area (Å²) in [7, 11) is 0. The van der Waals surface area contributed by atoms with Crippen LogP contribution in [0.5, 0.6) is 11.5 Å². The van der Waals surface area contributed by atoms with E-state index in [2.05, 4.69) is 26.5 Å². The smallest absolute Gasteiger partial charge is 0.280 e. The molecule has 0 aliphatic rings. The number of aryl methyl sites for hydroxylation is 1. The molecule has 0 spiro atoms. The summed E-state index contributed by atoms with van der Waals surface area (Å²) in [6.07, 6.45) is 0.878. The van der Waals surface area contributed by atoms with E-state index in [0.717, 1.165) is 26.9 Å². The molecule has 0 aliphatic carbocycles. The molecule has 0 aliphatic heterocycles. The lowest BCUT2D eigenvalue weighted by Gasteiger charge is -2.14. The Morgan fingerprint density at radius 1 is 1.10 bits per heavy atom. The van der Waals surface area contributed by atoms with Crippen LogP contribution in [-0.2, 0) is 11.4 Å². The summed E-state index contributed by atoms with van der Waals surface area (Å²) in [5.41, 5.74) is 5.52. The zero-order chi connectivity index (χ0) is 21.3. The molecule has 1 amide bonds. The minimum absolute atomic E-state index is 0.338. The number of hydrazone groups is 1. The molecule has 0 fully saturated rings. The number of nitrogens with one attached hydrogen (secondary N) is 1. The van der Waals surface area contributed by atoms with E-state index in [0.29, 0.717) is 12.4 Å². The Bertz CT molecular complexity index is 1020. The summed E-state index contributed by atoms with van der Waals surface area (Å²) in [5.74, 6) is 1.00. The van der Waals surface area contributed by atoms with Gasteiger partial charge in [0.25, 0.3) is 5.91 Å². The molecule has 0 radical (unpaired) electrons. The highest BCUT2D eigenvalue weighted by molar-refractivity contribution is 9.10. The number of carbonyl (C=O) groups excluding carboxylic acids is 1. The normalized spacial score (nSPS) is 11.8. The van der Waals surface area contributed by atoms with Crippen molar-refractivity contribution in [3.05, 3.63) is 94.0 Å². The molecule has 1 atom stereocenters. The van der Waals surface area contributed by atoms with Crippen LogP contribution in [-0.4, -0.2) is 18.2 Å². The van der Waals surface area contributed by atoms with Gasteiger partial charge in [-0.3, -0.25) is 4.79 Å². The topological polar surface area (TPSA) is 59.9 Å². The fourth-order valence-electron chi connectivity index (χ4n) is 2.63. The van der Waals surface area contributed by atoms with E-state index in [4.69, 9.17) is 9.47 Å². The Labute approximate surface area is 184 Å². The van der Waals surface area contributed by atoms with Gasteiger partial charge in [-0.2, -0.15) is 5.10 Å². The van der Waals surface area contributed by atoms with Crippen molar-refractivity contribution < 1.29 is 14.3 Å². The number of hydrogen-bond acceptors (Lipinski definition) is 4. The summed E-state index contributed by atoms with van der Waals surface area (Å²) in [6, 6.07) is 23.2. The molecule has 3 aromatic rings. The van der Waals surface area contributed by atoms with Crippen LogP contribution in [0.4, 0.5) is 0 Å². The molecule has 1 N–H and O–H groups in total. The van der Waals surface area contributed by atoms with Crippen LogP contribution in [0, 0.1) is 6.92 Å². The largest absolute Gasteiger partial charge is 0.489 e. The Kier molecular flexibility index (Phi) is 7.63. The third kappa shape index (κ3) is 6.46. The Balaban J connectivity index is 1.52. The fraction of sp³-hybridized carbons (Fsp3) is 0.167. The molecule has 0 aromatic heterocycles. The van der Waals surface area contributed by atoms with Crippen LogP contribution in [0.1, 0.15) is 23.6 Å². The average Bonchev–Trinajstić information content (AvgIpc) is 2.75. The third-order valence-corrected chi connectivity index (χ3v) is 4.87. The summed E-state index contributed by atoms with van der Waals surface area (Å²) in [4.78, 5) is 12.3. The van der Waals surface area contributed by atoms with Crippen LogP contribution in [0.2, 0.25) is 0 Å². The molecular weight excluding hydrogens is 444 g/mol. The minimum atomic E-state index is -0.693. The van der Waals surface area contributed by atoms with E-state index in [1.54, 1.807) is 13.1 Å². The molecule has 0 saturated heterocycles. The maximum Gasteiger partial charge on any atom is 0.280 e. The Morgan fingerprint density at radius 3 is 2.67 bits per heavy atom. The second-order valence-electron chi connectivity index (χ2n) is 6.77. The van der Waals surface area contributed by atoms with E-state index in [-0.39, 0.29) is 5.91 Å². The number of nitrogens with zero attached hydrogens (tertiary/aromatic N) is 1. The molecule has 5 nitrogen and oxygen atoms in total. The van der Waals surface area contributed by atoms with E-state index in [1.807, 2.05) is 79.7 Å². The van der Waals surface area contributed by atoms with Gasteiger partial charge in [0, 0.05) is 0 Å². The van der Waals surface area contributed by atoms with Crippen LogP contribution in [0.25, 0.3) is 0 Å². The monoisotopic (exact) mass is 466 g/mol. The molecule has 3 rings (SSSR count). The second kappa shape index (κ2) is 10.6. The second-order valence-corrected chi connectivity index (χ2v) is 7.63. The van der Waals surface area contributed by atoms with Gasteiger partial charge in [-0.25, -0.2) is 5.43 Å². The van der Waals surface area contributed by atoms with Crippen molar-refractivity contribution in [2.24, 2.45) is 5.10 Å². The predicted octanol–water partition coefficient (Wildman–Crippen LogP) is 5.25. The van der Waals surface area contributed by atoms with E-state index >= 15 is 0 Å². The third-order valence-electron chi connectivity index (χ3n) is 4.26. The number of benzene rings is 3. The maximum atomic E-state index is 12.3. The van der Waals surface area contributed by atoms with Gasteiger partial charge in [0.2, 0.25) is 0 Å². The molecule has 154 valence electrons. The van der Waals surface area contributed by atoms with Gasteiger partial charge in [-0.15, -0.1) is 0 Å². The quantitative estimate of drug-likeness (QED) is 0.364. The highest BCUT2D eigenvalue weighted by Gasteiger charge is 2.15. The molecule has 0 bridgehead atoms. The SMILES string of the molecule is Cc1ccc(OC(C)C(=O)NN=Cc2cccc(OCc3ccccc3)c2)c(Br)c1. The van der Waals surface area contributed by atoms with E-state index in [9.17, 15) is 4.79 Å². The first-order valence-electron chi connectivity index (χ1n) is 9.54. The number of halogens is 1. The summed E-state index contributed by atoms with van der Waals surface area (Å²) >= 11 is 3.44. The molecule has 30 heavy (non-hydrogen) atoms. The number of carbonyl (C=O) groups is 1. The molecule has 0 saturated carbocycles. The first kappa shape index (κ1) is 21.6. The predicted molar refractivity (Wildman–Crippen MR) is 122 cm³/mol. The van der Waals surface area contributed by atoms with E-state index in [1.165, 1.54) is 0 Å². The van der Waals surface area contributed by atoms with Crippen molar-refractivity contribution in [2.75, 3.05) is 0 Å². The lowest BCUT2D eigenvalue weighted by Crippen LogP contribution is -2.33. The lowest BCUT2D eigenvalue weighted by molar-refractivity contribution is -0.127. The highest BCUT2D eigenvalue weighted by Crippen LogP contribution is 2.26. The van der Waals surface area contributed by atoms with Crippen LogP contribution >= 0.6 is 15.9 Å². The molecule has 3 aromatic carbocycles. The van der Waals surface area contributed by atoms with Gasteiger partial charge in [-0.05, 0) is 70.7 Å². The van der Waals surface area contributed by atoms with Crippen molar-refractivity contribution >= 4 is 28.1 Å². The maximum absolute atomic E-state index is 12.3. The van der Waals surface area contributed by atoms with Crippen LogP contribution in [0.15, 0.2) is 82.4 Å². The zero-order valence-electron chi connectivity index (χ0n) is 16.8. The summed E-state index contributed by atoms with van der Waals surface area (Å²) in [6.45, 7) is 4.15. The van der Waals surface area contributed by atoms with Gasteiger partial charge >= 0.3 is 0 Å². The Morgan fingerprint density at radius 2 is 1.90 bits per heavy atom. The van der Waals surface area contributed by atoms with Crippen LogP contribution < -0.4 is 14.9 Å². The highest BCUT2D eigenvalue weighted by atomic mass is 79.9. The lowest BCUT2D eigenvalue weighted by atomic mass is 10.2. The van der Waals surface area contributed by atoms with Crippen molar-refractivity contribution in [3.8, 4) is 11.5 Å². The van der Waals surface area contributed by atoms with Gasteiger partial charge in [0.15, 0.2) is 6.10 Å². The fourth-order valence-corrected chi connectivity index (χ4v) is 3.22. The van der Waals surface area contributed by atoms with Crippen molar-refractivity contribution in [2.45, 2.75) is 26.6 Å². The summed E-state index contributed by atoms with van der Waals surface area (Å²) < 4.78 is 12.3. The zero-order valence-corrected chi connectivity index (χ0v) is 18.4. The van der Waals surface area contributed by atoms with Crippen LogP contribution in [0.3, 0.4) is 0 Å². The number of rotatable bonds is 8. The number of amides is 1. The summed E-state index contributed by atoms with van der Waals surface area (Å²) in [5, 5.41) is 4.03. The molecule has 1 unspecified atom stereocenters. The van der Waals surface area contributed by atoms with Gasteiger partial charge in [-0.1, -0.05) is 48.5 Å². The minimum Gasteiger partial charge on any atom is -0.489 e. The standard InChI is InChI=1S/C24H23BrN2O3/c1-17-11-12-23(22(25)13-17)30-18(2)24(28)27-26-15-20-9-6-10-21(14-20)29-16-19-7-4-3-5-8-19/h3-15,18H,16H2,1-2H3,(H,27,28).